The molecule has 0 amide bonds. The summed E-state index contributed by atoms with van der Waals surface area (Å²) in [4.78, 5) is 10.4. The highest BCUT2D eigenvalue weighted by Gasteiger charge is 2.15. The Morgan fingerprint density at radius 1 is 0.273 bits per heavy atom. The van der Waals surface area contributed by atoms with E-state index in [2.05, 4.69) is 211 Å². The predicted octanol–water partition coefficient (Wildman–Crippen LogP) is 13.6. The zero-order valence-corrected chi connectivity index (χ0v) is 30.0. The second-order valence-electron chi connectivity index (χ2n) is 13.8. The standard InChI is InChI=1S/C52H35N3/c1-3-13-36(14-4-1)38-25-29-40(30-26-38)48-35-49(44-19-12-20-45(34-44)55-50-23-9-7-21-46(50)47-22-8-10-24-51(47)55)54-52(53-48)41-31-27-39(28-32-41)43-18-11-17-42(33-43)37-15-5-2-6-16-37/h1-35H. The van der Waals surface area contributed by atoms with Crippen molar-refractivity contribution in [2.45, 2.75) is 0 Å². The maximum atomic E-state index is 5.25. The van der Waals surface area contributed by atoms with Crippen molar-refractivity contribution in [3.63, 3.8) is 0 Å². The van der Waals surface area contributed by atoms with Crippen LogP contribution in [0.5, 0.6) is 0 Å². The van der Waals surface area contributed by atoms with Gasteiger partial charge in [0.05, 0.1) is 22.4 Å². The summed E-state index contributed by atoms with van der Waals surface area (Å²) in [5.74, 6) is 0.687. The Balaban J connectivity index is 1.07. The van der Waals surface area contributed by atoms with E-state index in [1.165, 1.54) is 49.6 Å². The molecule has 2 heterocycles. The van der Waals surface area contributed by atoms with Crippen LogP contribution < -0.4 is 0 Å². The van der Waals surface area contributed by atoms with E-state index in [4.69, 9.17) is 9.97 Å². The molecule has 0 fully saturated rings. The molecule has 55 heavy (non-hydrogen) atoms. The monoisotopic (exact) mass is 701 g/mol. The van der Waals surface area contributed by atoms with Gasteiger partial charge in [0, 0.05) is 33.2 Å². The van der Waals surface area contributed by atoms with Gasteiger partial charge in [0.25, 0.3) is 0 Å². The summed E-state index contributed by atoms with van der Waals surface area (Å²) in [5, 5.41) is 2.48. The molecule has 0 N–H and O–H groups in total. The van der Waals surface area contributed by atoms with E-state index in [0.29, 0.717) is 5.82 Å². The van der Waals surface area contributed by atoms with E-state index < -0.39 is 0 Å². The van der Waals surface area contributed by atoms with Gasteiger partial charge < -0.3 is 4.57 Å². The van der Waals surface area contributed by atoms with Crippen molar-refractivity contribution in [2.24, 2.45) is 0 Å². The van der Waals surface area contributed by atoms with Gasteiger partial charge in [-0.1, -0.05) is 176 Å². The van der Waals surface area contributed by atoms with Crippen LogP contribution in [0.4, 0.5) is 0 Å². The van der Waals surface area contributed by atoms with Crippen LogP contribution in [0.2, 0.25) is 0 Å². The Bertz CT molecular complexity index is 2890. The molecular formula is C52H35N3. The first kappa shape index (κ1) is 32.3. The molecule has 3 heteroatoms. The van der Waals surface area contributed by atoms with Crippen molar-refractivity contribution in [3.05, 3.63) is 212 Å². The molecule has 0 spiro atoms. The third-order valence-electron chi connectivity index (χ3n) is 10.4. The fourth-order valence-corrected chi connectivity index (χ4v) is 7.66. The van der Waals surface area contributed by atoms with E-state index in [1.54, 1.807) is 0 Å². The Labute approximate surface area is 320 Å². The zero-order valence-electron chi connectivity index (χ0n) is 30.0. The van der Waals surface area contributed by atoms with Gasteiger partial charge in [0.15, 0.2) is 5.82 Å². The van der Waals surface area contributed by atoms with Crippen molar-refractivity contribution in [1.29, 1.82) is 0 Å². The maximum Gasteiger partial charge on any atom is 0.160 e. The van der Waals surface area contributed by atoms with Crippen molar-refractivity contribution < 1.29 is 0 Å². The van der Waals surface area contributed by atoms with Crippen molar-refractivity contribution in [2.75, 3.05) is 0 Å². The number of fused-ring (bicyclic) bond motifs is 3. The fourth-order valence-electron chi connectivity index (χ4n) is 7.66. The van der Waals surface area contributed by atoms with Gasteiger partial charge in [-0.15, -0.1) is 0 Å². The number of hydrogen-bond donors (Lipinski definition) is 0. The number of nitrogens with zero attached hydrogens (tertiary/aromatic N) is 3. The average Bonchev–Trinajstić information content (AvgIpc) is 3.61. The number of para-hydroxylation sites is 2. The van der Waals surface area contributed by atoms with Gasteiger partial charge in [0.2, 0.25) is 0 Å². The topological polar surface area (TPSA) is 30.7 Å². The van der Waals surface area contributed by atoms with Crippen LogP contribution in [0.3, 0.4) is 0 Å². The third kappa shape index (κ3) is 6.18. The van der Waals surface area contributed by atoms with Crippen LogP contribution >= 0.6 is 0 Å². The van der Waals surface area contributed by atoms with E-state index in [0.717, 1.165) is 39.3 Å². The van der Waals surface area contributed by atoms with E-state index >= 15 is 0 Å². The summed E-state index contributed by atoms with van der Waals surface area (Å²) in [5.41, 5.74) is 15.3. The van der Waals surface area contributed by atoms with Crippen LogP contribution in [0, 0.1) is 0 Å². The number of rotatable bonds is 7. The summed E-state index contributed by atoms with van der Waals surface area (Å²) in [6, 6.07) is 75.1. The molecule has 0 saturated heterocycles. The number of benzene rings is 8. The van der Waals surface area contributed by atoms with Gasteiger partial charge in [-0.25, -0.2) is 9.97 Å². The molecule has 0 bridgehead atoms. The molecule has 0 atom stereocenters. The van der Waals surface area contributed by atoms with Crippen LogP contribution in [-0.4, -0.2) is 14.5 Å². The quantitative estimate of drug-likeness (QED) is 0.166. The minimum absolute atomic E-state index is 0.687. The first-order chi connectivity index (χ1) is 27.2. The maximum absolute atomic E-state index is 5.25. The second kappa shape index (κ2) is 13.9. The molecule has 0 saturated carbocycles. The molecule has 10 aromatic rings. The van der Waals surface area contributed by atoms with Gasteiger partial charge in [0.1, 0.15) is 0 Å². The molecular weight excluding hydrogens is 667 g/mol. The van der Waals surface area contributed by atoms with Crippen LogP contribution in [0.25, 0.3) is 94.8 Å². The van der Waals surface area contributed by atoms with E-state index in [-0.39, 0.29) is 0 Å². The summed E-state index contributed by atoms with van der Waals surface area (Å²) < 4.78 is 2.35. The lowest BCUT2D eigenvalue weighted by molar-refractivity contribution is 1.16. The Kier molecular flexibility index (Phi) is 8.16. The summed E-state index contributed by atoms with van der Waals surface area (Å²) in [6.45, 7) is 0. The predicted molar refractivity (Wildman–Crippen MR) is 229 cm³/mol. The SMILES string of the molecule is c1ccc(-c2ccc(-c3cc(-c4cccc(-n5c6ccccc6c6ccccc65)c4)nc(-c4ccc(-c5cccc(-c6ccccc6)c5)cc4)n3)cc2)cc1. The first-order valence-corrected chi connectivity index (χ1v) is 18.7. The Morgan fingerprint density at radius 2 is 0.691 bits per heavy atom. The van der Waals surface area contributed by atoms with E-state index in [1.807, 2.05) is 6.07 Å². The average molecular weight is 702 g/mol. The molecule has 10 rings (SSSR count). The van der Waals surface area contributed by atoms with Crippen LogP contribution in [0.1, 0.15) is 0 Å². The number of aromatic nitrogens is 3. The largest absolute Gasteiger partial charge is 0.309 e. The van der Waals surface area contributed by atoms with Crippen molar-refractivity contribution in [3.8, 4) is 73.0 Å². The first-order valence-electron chi connectivity index (χ1n) is 18.7. The summed E-state index contributed by atoms with van der Waals surface area (Å²) >= 11 is 0. The van der Waals surface area contributed by atoms with Gasteiger partial charge >= 0.3 is 0 Å². The fraction of sp³-hybridized carbons (Fsp3) is 0. The Hall–Kier alpha value is -7.36. The Morgan fingerprint density at radius 3 is 1.31 bits per heavy atom. The van der Waals surface area contributed by atoms with Crippen molar-refractivity contribution in [1.82, 2.24) is 14.5 Å². The molecule has 0 aliphatic heterocycles. The lowest BCUT2D eigenvalue weighted by atomic mass is 9.98. The third-order valence-corrected chi connectivity index (χ3v) is 10.4. The van der Waals surface area contributed by atoms with E-state index in [9.17, 15) is 0 Å². The molecule has 258 valence electrons. The molecule has 0 aliphatic carbocycles. The molecule has 0 radical (unpaired) electrons. The normalized spacial score (nSPS) is 11.3. The smallest absolute Gasteiger partial charge is 0.160 e. The summed E-state index contributed by atoms with van der Waals surface area (Å²) in [7, 11) is 0. The van der Waals surface area contributed by atoms with Gasteiger partial charge in [-0.05, 0) is 69.8 Å². The highest BCUT2D eigenvalue weighted by atomic mass is 15.0. The summed E-state index contributed by atoms with van der Waals surface area (Å²) in [6.07, 6.45) is 0. The minimum Gasteiger partial charge on any atom is -0.309 e. The minimum atomic E-state index is 0.687. The van der Waals surface area contributed by atoms with Crippen LogP contribution in [-0.2, 0) is 0 Å². The van der Waals surface area contributed by atoms with Gasteiger partial charge in [-0.2, -0.15) is 0 Å². The molecule has 8 aromatic carbocycles. The molecule has 0 aliphatic rings. The molecule has 2 aromatic heterocycles. The highest BCUT2D eigenvalue weighted by Crippen LogP contribution is 2.35. The zero-order chi connectivity index (χ0) is 36.6. The van der Waals surface area contributed by atoms with Crippen molar-refractivity contribution >= 4 is 21.8 Å². The molecule has 0 unspecified atom stereocenters. The number of hydrogen-bond acceptors (Lipinski definition) is 2. The molecule has 3 nitrogen and oxygen atoms in total. The lowest BCUT2D eigenvalue weighted by Crippen LogP contribution is -1.98. The second-order valence-corrected chi connectivity index (χ2v) is 13.8. The van der Waals surface area contributed by atoms with Gasteiger partial charge in [-0.3, -0.25) is 0 Å². The lowest BCUT2D eigenvalue weighted by Gasteiger charge is -2.13. The van der Waals surface area contributed by atoms with Crippen LogP contribution in [0.15, 0.2) is 212 Å². The highest BCUT2D eigenvalue weighted by molar-refractivity contribution is 6.09.